The van der Waals surface area contributed by atoms with Crippen LogP contribution in [0.5, 0.6) is 5.75 Å². The Morgan fingerprint density at radius 1 is 0.939 bits per heavy atom. The molecule has 6 amide bonds. The smallest absolute Gasteiger partial charge is 0.320 e. The maximum Gasteiger partial charge on any atom is 0.320 e. The van der Waals surface area contributed by atoms with Crippen LogP contribution in [0.1, 0.15) is 55.4 Å². The minimum atomic E-state index is -1.49. The number of benzene rings is 1. The summed E-state index contributed by atoms with van der Waals surface area (Å²) in [4.78, 5) is 101. The first kappa shape index (κ1) is 51.1. The third kappa shape index (κ3) is 14.8. The van der Waals surface area contributed by atoms with Crippen molar-refractivity contribution in [2.45, 2.75) is 106 Å². The molecule has 13 N–H and O–H groups in total. The molecule has 4 heterocycles. The molecule has 5 rings (SSSR count). The van der Waals surface area contributed by atoms with E-state index in [0.717, 1.165) is 16.9 Å². The minimum absolute atomic E-state index is 0.00375. The van der Waals surface area contributed by atoms with Gasteiger partial charge in [0.25, 0.3) is 0 Å². The molecule has 362 valence electrons. The highest BCUT2D eigenvalue weighted by molar-refractivity contribution is 7.09. The third-order valence-corrected chi connectivity index (χ3v) is 12.7. The highest BCUT2D eigenvalue weighted by atomic mass is 32.1. The molecule has 66 heavy (non-hydrogen) atoms. The summed E-state index contributed by atoms with van der Waals surface area (Å²) in [6.45, 7) is -0.290. The number of nitrogens with two attached hydrogens (primary N) is 2. The van der Waals surface area contributed by atoms with Crippen molar-refractivity contribution in [2.75, 3.05) is 53.0 Å². The van der Waals surface area contributed by atoms with E-state index >= 15 is 0 Å². The van der Waals surface area contributed by atoms with Crippen LogP contribution in [-0.2, 0) is 46.4 Å². The van der Waals surface area contributed by atoms with E-state index < -0.39 is 97.1 Å². The average molecular weight is 942 g/mol. The zero-order valence-electron chi connectivity index (χ0n) is 37.0. The van der Waals surface area contributed by atoms with E-state index in [1.54, 1.807) is 29.6 Å². The number of carboxylic acid groups (broad SMARTS) is 1. The second-order valence-electron chi connectivity index (χ2n) is 16.6. The predicted molar refractivity (Wildman–Crippen MR) is 242 cm³/mol. The number of ether oxygens (including phenoxy) is 1. The van der Waals surface area contributed by atoms with E-state index in [2.05, 4.69) is 36.9 Å². The quantitative estimate of drug-likeness (QED) is 0.0282. The third-order valence-electron chi connectivity index (χ3n) is 11.8. The molecular formula is C43H63N11O11S. The summed E-state index contributed by atoms with van der Waals surface area (Å²) in [6, 6.07) is 3.90. The number of carbonyl (C=O) groups is 7. The van der Waals surface area contributed by atoms with Crippen molar-refractivity contribution in [3.8, 4) is 5.75 Å². The van der Waals surface area contributed by atoms with Crippen LogP contribution in [0, 0.1) is 0 Å². The molecule has 23 heteroatoms. The van der Waals surface area contributed by atoms with Gasteiger partial charge in [-0.2, -0.15) is 0 Å². The Labute approximate surface area is 386 Å². The molecule has 1 aromatic carbocycles. The zero-order chi connectivity index (χ0) is 47.8. The first-order valence-electron chi connectivity index (χ1n) is 22.1. The summed E-state index contributed by atoms with van der Waals surface area (Å²) >= 11 is 1.33. The van der Waals surface area contributed by atoms with Gasteiger partial charge in [0, 0.05) is 49.9 Å². The lowest BCUT2D eigenvalue weighted by atomic mass is 10.0. The number of amides is 6. The minimum Gasteiger partial charge on any atom is -0.497 e. The van der Waals surface area contributed by atoms with Gasteiger partial charge in [0.15, 0.2) is 5.96 Å². The van der Waals surface area contributed by atoms with E-state index in [-0.39, 0.29) is 63.7 Å². The van der Waals surface area contributed by atoms with Crippen LogP contribution >= 0.6 is 11.3 Å². The van der Waals surface area contributed by atoms with Crippen molar-refractivity contribution in [2.24, 2.45) is 16.5 Å². The molecule has 8 atom stereocenters. The van der Waals surface area contributed by atoms with Crippen molar-refractivity contribution in [3.05, 3.63) is 52.2 Å². The first-order valence-corrected chi connectivity index (χ1v) is 23.0. The van der Waals surface area contributed by atoms with Crippen molar-refractivity contribution in [1.29, 1.82) is 0 Å². The number of carboxylic acids is 1. The fourth-order valence-electron chi connectivity index (χ4n) is 8.35. The van der Waals surface area contributed by atoms with E-state index in [4.69, 9.17) is 16.2 Å². The molecule has 22 nitrogen and oxygen atoms in total. The number of hydrogen-bond donors (Lipinski definition) is 11. The number of rotatable bonds is 24. The van der Waals surface area contributed by atoms with Crippen molar-refractivity contribution in [3.63, 3.8) is 0 Å². The molecule has 0 aliphatic carbocycles. The lowest BCUT2D eigenvalue weighted by Gasteiger charge is -2.30. The molecule has 2 aromatic rings. The first-order chi connectivity index (χ1) is 31.7. The normalized spacial score (nSPS) is 21.0. The standard InChI is InChI=1S/C43H63N11O11S/c1-65-28-12-10-25(11-13-28)18-26(21-48-31(42(63)64)8-3-15-47-43(44)45)50-39(60)34-9-4-16-53(34)41(62)33(24-55)52-37(58)32(20-29-6-5-17-66-29)51-36(57)22-49-38(59)35-19-27(56)23-54(35)40(61)30-7-2-14-46-30/h5-6,10-13,17,26-27,30-35,46,48,55-56H,2-4,7-9,14-16,18-24H2,1H3,(H,49,59)(H,50,60)(H,51,57)(H,52,58)(H,63,64)(H4,44,45,47)/t26-,27+,30-,31-,32-,33-,34-,35-/m0/s1. The second kappa shape index (κ2) is 25.1. The molecule has 0 bridgehead atoms. The molecular weight excluding hydrogens is 879 g/mol. The number of hydrogen-bond acceptors (Lipinski definition) is 14. The van der Waals surface area contributed by atoms with Crippen LogP contribution in [0.25, 0.3) is 0 Å². The summed E-state index contributed by atoms with van der Waals surface area (Å²) in [5.41, 5.74) is 11.6. The molecule has 1 aromatic heterocycles. The number of nitrogens with one attached hydrogen (secondary N) is 6. The van der Waals surface area contributed by atoms with Crippen LogP contribution in [0.15, 0.2) is 46.8 Å². The molecule has 0 radical (unpaired) electrons. The van der Waals surface area contributed by atoms with Gasteiger partial charge < -0.3 is 73.2 Å². The van der Waals surface area contributed by atoms with Crippen LogP contribution in [0.4, 0.5) is 0 Å². The number of methoxy groups -OCH3 is 1. The molecule has 3 saturated heterocycles. The number of guanidine groups is 1. The number of thiophene rings is 1. The summed E-state index contributed by atoms with van der Waals surface area (Å²) in [7, 11) is 1.54. The van der Waals surface area contributed by atoms with Crippen LogP contribution in [-0.4, -0.2) is 174 Å². The number of aliphatic hydroxyl groups excluding tert-OH is 2. The molecule has 0 unspecified atom stereocenters. The highest BCUT2D eigenvalue weighted by Gasteiger charge is 2.42. The Morgan fingerprint density at radius 3 is 2.36 bits per heavy atom. The number of β-amino-alcohol motifs (C(OH)–C–C–N with tert-alkyl or cyclic N) is 1. The van der Waals surface area contributed by atoms with Gasteiger partial charge in [0.2, 0.25) is 35.4 Å². The fourth-order valence-corrected chi connectivity index (χ4v) is 9.10. The number of aliphatic hydroxyl groups is 2. The van der Waals surface area contributed by atoms with Gasteiger partial charge in [-0.05, 0) is 80.6 Å². The number of likely N-dealkylation sites (tertiary alicyclic amines) is 2. The van der Waals surface area contributed by atoms with E-state index in [1.807, 2.05) is 12.1 Å². The summed E-state index contributed by atoms with van der Waals surface area (Å²) in [5, 5.41) is 49.2. The Bertz CT molecular complexity index is 2000. The van der Waals surface area contributed by atoms with Gasteiger partial charge in [0.05, 0.1) is 32.4 Å². The fraction of sp³-hybridized carbons (Fsp3) is 0.581. The Balaban J connectivity index is 1.21. The van der Waals surface area contributed by atoms with Crippen molar-refractivity contribution >= 4 is 58.7 Å². The molecule has 3 aliphatic heterocycles. The number of nitrogens with zero attached hydrogens (tertiary/aromatic N) is 3. The van der Waals surface area contributed by atoms with Gasteiger partial charge in [-0.25, -0.2) is 0 Å². The van der Waals surface area contributed by atoms with Crippen molar-refractivity contribution in [1.82, 2.24) is 41.7 Å². The van der Waals surface area contributed by atoms with Gasteiger partial charge in [0.1, 0.15) is 36.0 Å². The molecule has 3 fully saturated rings. The molecule has 3 aliphatic rings. The van der Waals surface area contributed by atoms with Gasteiger partial charge in [-0.15, -0.1) is 11.3 Å². The largest absolute Gasteiger partial charge is 0.497 e. The number of aliphatic imine (C=N–C) groups is 1. The average Bonchev–Trinajstić information content (AvgIpc) is 4.15. The predicted octanol–water partition coefficient (Wildman–Crippen LogP) is -3.09. The number of carbonyl (C=O) groups excluding carboxylic acids is 6. The van der Waals surface area contributed by atoms with Crippen LogP contribution in [0.3, 0.4) is 0 Å². The Hall–Kier alpha value is -5.88. The summed E-state index contributed by atoms with van der Waals surface area (Å²) < 4.78 is 5.27. The Morgan fingerprint density at radius 2 is 1.71 bits per heavy atom. The monoisotopic (exact) mass is 941 g/mol. The maximum absolute atomic E-state index is 14.0. The number of aliphatic carboxylic acids is 1. The summed E-state index contributed by atoms with van der Waals surface area (Å²) in [5.74, 6) is -4.27. The summed E-state index contributed by atoms with van der Waals surface area (Å²) in [6.07, 6.45) is 2.13. The Kier molecular flexibility index (Phi) is 19.5. The van der Waals surface area contributed by atoms with Gasteiger partial charge in [-0.3, -0.25) is 38.6 Å². The molecule has 0 saturated carbocycles. The maximum atomic E-state index is 14.0. The zero-order valence-corrected chi connectivity index (χ0v) is 37.8. The lowest BCUT2D eigenvalue weighted by molar-refractivity contribution is -0.143. The molecule has 0 spiro atoms. The van der Waals surface area contributed by atoms with Crippen molar-refractivity contribution < 1.29 is 53.6 Å². The SMILES string of the molecule is COc1ccc(C[C@@H](CN[C@@H](CCCN=C(N)N)C(=O)O)NC(=O)[C@@H]2CCCN2C(=O)[C@H](CO)NC(=O)[C@H](Cc2cccs2)NC(=O)CNC(=O)[C@@H]2C[C@@H](O)CN2C(=O)[C@@H]2CCCN2)cc1. The highest BCUT2D eigenvalue weighted by Crippen LogP contribution is 2.23. The van der Waals surface area contributed by atoms with Crippen LogP contribution in [0.2, 0.25) is 0 Å². The lowest BCUT2D eigenvalue weighted by Crippen LogP contribution is -2.59. The van der Waals surface area contributed by atoms with Gasteiger partial charge >= 0.3 is 5.97 Å². The second-order valence-corrected chi connectivity index (χ2v) is 17.6. The van der Waals surface area contributed by atoms with E-state index in [1.165, 1.54) is 28.2 Å². The van der Waals surface area contributed by atoms with E-state index in [0.29, 0.717) is 38.0 Å². The van der Waals surface area contributed by atoms with Gasteiger partial charge in [-0.1, -0.05) is 18.2 Å². The van der Waals surface area contributed by atoms with Crippen LogP contribution < -0.4 is 48.1 Å². The van der Waals surface area contributed by atoms with E-state index in [9.17, 15) is 48.9 Å². The topological polar surface area (TPSA) is 332 Å².